The molecule has 23 heavy (non-hydrogen) atoms. The summed E-state index contributed by atoms with van der Waals surface area (Å²) in [4.78, 5) is 11.8. The van der Waals surface area contributed by atoms with E-state index < -0.39 is 11.9 Å². The summed E-state index contributed by atoms with van der Waals surface area (Å²) < 4.78 is 5.69. The van der Waals surface area contributed by atoms with Gasteiger partial charge in [-0.3, -0.25) is 4.79 Å². The molecule has 0 radical (unpaired) electrons. The van der Waals surface area contributed by atoms with Gasteiger partial charge in [0.15, 0.2) is 0 Å². The Bertz CT molecular complexity index is 689. The molecule has 0 aliphatic rings. The molecule has 1 atom stereocenters. The van der Waals surface area contributed by atoms with Crippen LogP contribution in [0.5, 0.6) is 5.75 Å². The van der Waals surface area contributed by atoms with Crippen molar-refractivity contribution in [2.75, 3.05) is 0 Å². The topological polar surface area (TPSA) is 46.5 Å². The van der Waals surface area contributed by atoms with E-state index in [0.29, 0.717) is 6.42 Å². The van der Waals surface area contributed by atoms with Gasteiger partial charge in [0.25, 0.3) is 0 Å². The number of hydrogen-bond donors (Lipinski definition) is 1. The molecule has 0 bridgehead atoms. The molecule has 0 aromatic heterocycles. The van der Waals surface area contributed by atoms with Gasteiger partial charge in [0, 0.05) is 0 Å². The third-order valence-corrected chi connectivity index (χ3v) is 3.81. The van der Waals surface area contributed by atoms with Crippen molar-refractivity contribution < 1.29 is 14.6 Å². The first-order chi connectivity index (χ1) is 10.9. The third-order valence-electron chi connectivity index (χ3n) is 3.81. The Balaban J connectivity index is 2.28. The molecule has 0 amide bonds. The van der Waals surface area contributed by atoms with Crippen molar-refractivity contribution in [3.63, 3.8) is 0 Å². The molecule has 2 aromatic rings. The Morgan fingerprint density at radius 1 is 1.13 bits per heavy atom. The monoisotopic (exact) mass is 312 g/mol. The maximum Gasteiger partial charge on any atom is 0.311 e. The van der Waals surface area contributed by atoms with Crippen molar-refractivity contribution >= 4 is 5.97 Å². The minimum Gasteiger partial charge on any atom is -0.491 e. The summed E-state index contributed by atoms with van der Waals surface area (Å²) in [6, 6.07) is 13.6. The standard InChI is InChI=1S/C20H24O3/c1-13(2)23-17-7-5-6-16(11-17)12-19(20(21)22)18-9-8-14(3)10-15(18)4/h5-11,13,19H,12H2,1-4H3,(H,21,22). The fourth-order valence-corrected chi connectivity index (χ4v) is 2.80. The third kappa shape index (κ3) is 4.59. The van der Waals surface area contributed by atoms with Crippen LogP contribution in [0.1, 0.15) is 42.0 Å². The molecular weight excluding hydrogens is 288 g/mol. The first-order valence-electron chi connectivity index (χ1n) is 7.92. The van der Waals surface area contributed by atoms with Crippen molar-refractivity contribution in [3.05, 3.63) is 64.7 Å². The molecule has 122 valence electrons. The lowest BCUT2D eigenvalue weighted by molar-refractivity contribution is -0.138. The van der Waals surface area contributed by atoms with Gasteiger partial charge in [-0.15, -0.1) is 0 Å². The van der Waals surface area contributed by atoms with Crippen LogP contribution in [-0.2, 0) is 11.2 Å². The van der Waals surface area contributed by atoms with Crippen molar-refractivity contribution in [2.24, 2.45) is 0 Å². The molecule has 1 unspecified atom stereocenters. The number of aryl methyl sites for hydroxylation is 2. The van der Waals surface area contributed by atoms with Gasteiger partial charge < -0.3 is 9.84 Å². The van der Waals surface area contributed by atoms with E-state index in [1.54, 1.807) is 0 Å². The Morgan fingerprint density at radius 2 is 1.87 bits per heavy atom. The van der Waals surface area contributed by atoms with Crippen molar-refractivity contribution in [1.29, 1.82) is 0 Å². The highest BCUT2D eigenvalue weighted by atomic mass is 16.5. The molecule has 2 rings (SSSR count). The quantitative estimate of drug-likeness (QED) is 0.854. The summed E-state index contributed by atoms with van der Waals surface area (Å²) in [6.45, 7) is 7.93. The molecule has 0 saturated heterocycles. The van der Waals surface area contributed by atoms with E-state index >= 15 is 0 Å². The van der Waals surface area contributed by atoms with E-state index in [2.05, 4.69) is 0 Å². The van der Waals surface area contributed by atoms with E-state index in [9.17, 15) is 9.90 Å². The number of carboxylic acid groups (broad SMARTS) is 1. The fourth-order valence-electron chi connectivity index (χ4n) is 2.80. The van der Waals surface area contributed by atoms with Gasteiger partial charge in [0.1, 0.15) is 5.75 Å². The number of ether oxygens (including phenoxy) is 1. The van der Waals surface area contributed by atoms with Crippen molar-refractivity contribution in [3.8, 4) is 5.75 Å². The minimum absolute atomic E-state index is 0.0971. The first kappa shape index (κ1) is 17.1. The van der Waals surface area contributed by atoms with Gasteiger partial charge in [-0.2, -0.15) is 0 Å². The molecule has 3 nitrogen and oxygen atoms in total. The van der Waals surface area contributed by atoms with Crippen LogP contribution in [0.15, 0.2) is 42.5 Å². The Labute approximate surface area is 137 Å². The summed E-state index contributed by atoms with van der Waals surface area (Å²) in [5.74, 6) is -0.570. The van der Waals surface area contributed by atoms with Gasteiger partial charge in [-0.1, -0.05) is 35.9 Å². The normalized spacial score (nSPS) is 12.2. The summed E-state index contributed by atoms with van der Waals surface area (Å²) >= 11 is 0. The van der Waals surface area contributed by atoms with Crippen LogP contribution < -0.4 is 4.74 Å². The number of carboxylic acids is 1. The molecule has 0 aliphatic carbocycles. The number of carbonyl (C=O) groups is 1. The number of hydrogen-bond acceptors (Lipinski definition) is 2. The highest BCUT2D eigenvalue weighted by Gasteiger charge is 2.22. The lowest BCUT2D eigenvalue weighted by Gasteiger charge is -2.17. The maximum absolute atomic E-state index is 11.8. The van der Waals surface area contributed by atoms with Gasteiger partial charge in [-0.25, -0.2) is 0 Å². The van der Waals surface area contributed by atoms with Gasteiger partial charge in [-0.05, 0) is 62.9 Å². The second-order valence-electron chi connectivity index (χ2n) is 6.27. The second kappa shape index (κ2) is 7.32. The second-order valence-corrected chi connectivity index (χ2v) is 6.27. The Kier molecular flexibility index (Phi) is 5.43. The predicted molar refractivity (Wildman–Crippen MR) is 92.2 cm³/mol. The average molecular weight is 312 g/mol. The van der Waals surface area contributed by atoms with Crippen LogP contribution in [0.25, 0.3) is 0 Å². The van der Waals surface area contributed by atoms with E-state index in [-0.39, 0.29) is 6.10 Å². The van der Waals surface area contributed by atoms with E-state index in [1.165, 1.54) is 0 Å². The number of benzene rings is 2. The maximum atomic E-state index is 11.8. The van der Waals surface area contributed by atoms with E-state index in [0.717, 1.165) is 28.0 Å². The first-order valence-corrected chi connectivity index (χ1v) is 7.92. The molecule has 1 N–H and O–H groups in total. The van der Waals surface area contributed by atoms with Crippen molar-refractivity contribution in [1.82, 2.24) is 0 Å². The molecule has 0 saturated carbocycles. The van der Waals surface area contributed by atoms with Gasteiger partial charge in [0.05, 0.1) is 12.0 Å². The van der Waals surface area contributed by atoms with E-state index in [1.807, 2.05) is 70.2 Å². The average Bonchev–Trinajstić information content (AvgIpc) is 2.45. The lowest BCUT2D eigenvalue weighted by Crippen LogP contribution is -2.16. The number of rotatable bonds is 6. The molecule has 2 aromatic carbocycles. The zero-order valence-electron chi connectivity index (χ0n) is 14.2. The molecule has 0 heterocycles. The highest BCUT2D eigenvalue weighted by Crippen LogP contribution is 2.27. The summed E-state index contributed by atoms with van der Waals surface area (Å²) in [6.07, 6.45) is 0.550. The lowest BCUT2D eigenvalue weighted by atomic mass is 9.88. The Hall–Kier alpha value is -2.29. The Morgan fingerprint density at radius 3 is 2.48 bits per heavy atom. The zero-order chi connectivity index (χ0) is 17.0. The minimum atomic E-state index is -0.799. The van der Waals surface area contributed by atoms with Crippen LogP contribution in [0.2, 0.25) is 0 Å². The summed E-state index contributed by atoms with van der Waals surface area (Å²) in [5.41, 5.74) is 4.00. The predicted octanol–water partition coefficient (Wildman–Crippen LogP) is 4.50. The SMILES string of the molecule is Cc1ccc(C(Cc2cccc(OC(C)C)c2)C(=O)O)c(C)c1. The zero-order valence-corrected chi connectivity index (χ0v) is 14.2. The van der Waals surface area contributed by atoms with Gasteiger partial charge >= 0.3 is 5.97 Å². The molecule has 0 spiro atoms. The highest BCUT2D eigenvalue weighted by molar-refractivity contribution is 5.77. The molecule has 0 fully saturated rings. The van der Waals surface area contributed by atoms with Crippen LogP contribution in [0.4, 0.5) is 0 Å². The van der Waals surface area contributed by atoms with E-state index in [4.69, 9.17) is 4.74 Å². The smallest absolute Gasteiger partial charge is 0.311 e. The van der Waals surface area contributed by atoms with Crippen LogP contribution in [0.3, 0.4) is 0 Å². The van der Waals surface area contributed by atoms with Crippen LogP contribution >= 0.6 is 0 Å². The van der Waals surface area contributed by atoms with Crippen molar-refractivity contribution in [2.45, 2.75) is 46.1 Å². The fraction of sp³-hybridized carbons (Fsp3) is 0.350. The van der Waals surface area contributed by atoms with Gasteiger partial charge in [0.2, 0.25) is 0 Å². The van der Waals surface area contributed by atoms with Crippen LogP contribution in [-0.4, -0.2) is 17.2 Å². The molecule has 0 aliphatic heterocycles. The largest absolute Gasteiger partial charge is 0.491 e. The number of aliphatic carboxylic acids is 1. The summed E-state index contributed by atoms with van der Waals surface area (Å²) in [7, 11) is 0. The van der Waals surface area contributed by atoms with Crippen LogP contribution in [0, 0.1) is 13.8 Å². The molecule has 3 heteroatoms. The molecular formula is C20H24O3. The summed E-state index contributed by atoms with van der Waals surface area (Å²) in [5, 5.41) is 9.67.